The molecule has 0 N–H and O–H groups in total. The molecule has 0 amide bonds. The van der Waals surface area contributed by atoms with Crippen molar-refractivity contribution >= 4 is 5.97 Å². The van der Waals surface area contributed by atoms with E-state index in [9.17, 15) is 4.79 Å². The zero-order valence-corrected chi connectivity index (χ0v) is 10.3. The van der Waals surface area contributed by atoms with Gasteiger partial charge in [0.05, 0.1) is 18.8 Å². The zero-order valence-electron chi connectivity index (χ0n) is 10.3. The fourth-order valence-electron chi connectivity index (χ4n) is 1.31. The van der Waals surface area contributed by atoms with Gasteiger partial charge in [0, 0.05) is 7.11 Å². The van der Waals surface area contributed by atoms with E-state index in [2.05, 4.69) is 6.92 Å². The van der Waals surface area contributed by atoms with Gasteiger partial charge in [0.25, 0.3) is 0 Å². The SMILES string of the molecule is CCCCC(C)=C(COC)C(=O)OCC. The lowest BCUT2D eigenvalue weighted by molar-refractivity contribution is -0.139. The van der Waals surface area contributed by atoms with Crippen molar-refractivity contribution in [3.8, 4) is 0 Å². The molecule has 88 valence electrons. The lowest BCUT2D eigenvalue weighted by Gasteiger charge is -2.10. The molecule has 3 nitrogen and oxygen atoms in total. The van der Waals surface area contributed by atoms with Gasteiger partial charge in [-0.25, -0.2) is 4.79 Å². The number of hydrogen-bond donors (Lipinski definition) is 0. The van der Waals surface area contributed by atoms with E-state index in [0.717, 1.165) is 24.8 Å². The number of rotatable bonds is 7. The van der Waals surface area contributed by atoms with Crippen LogP contribution in [0.25, 0.3) is 0 Å². The predicted octanol–water partition coefficient (Wildman–Crippen LogP) is 2.70. The Bertz CT molecular complexity index is 219. The highest BCUT2D eigenvalue weighted by atomic mass is 16.5. The van der Waals surface area contributed by atoms with Crippen LogP contribution in [0.2, 0.25) is 0 Å². The molecule has 0 aliphatic heterocycles. The molecule has 0 radical (unpaired) electrons. The highest BCUT2D eigenvalue weighted by molar-refractivity contribution is 5.89. The number of hydrogen-bond acceptors (Lipinski definition) is 3. The lowest BCUT2D eigenvalue weighted by atomic mass is 10.0. The van der Waals surface area contributed by atoms with Crippen LogP contribution in [-0.2, 0) is 14.3 Å². The summed E-state index contributed by atoms with van der Waals surface area (Å²) in [6.45, 7) is 6.67. The fraction of sp³-hybridized carbons (Fsp3) is 0.750. The highest BCUT2D eigenvalue weighted by Crippen LogP contribution is 2.14. The standard InChI is InChI=1S/C12H22O3/c1-5-7-8-10(3)11(9-14-4)12(13)15-6-2/h5-9H2,1-4H3. The zero-order chi connectivity index (χ0) is 11.7. The molecule has 0 saturated heterocycles. The number of allylic oxidation sites excluding steroid dienone is 1. The van der Waals surface area contributed by atoms with Crippen LogP contribution in [0.5, 0.6) is 0 Å². The molecule has 0 aromatic rings. The smallest absolute Gasteiger partial charge is 0.336 e. The number of methoxy groups -OCH3 is 1. The maximum absolute atomic E-state index is 11.6. The van der Waals surface area contributed by atoms with Crippen molar-refractivity contribution in [2.75, 3.05) is 20.3 Å². The van der Waals surface area contributed by atoms with E-state index in [1.54, 1.807) is 7.11 Å². The van der Waals surface area contributed by atoms with E-state index in [0.29, 0.717) is 18.8 Å². The summed E-state index contributed by atoms with van der Waals surface area (Å²) in [4.78, 5) is 11.6. The summed E-state index contributed by atoms with van der Waals surface area (Å²) < 4.78 is 9.99. The Morgan fingerprint density at radius 1 is 1.27 bits per heavy atom. The molecular formula is C12H22O3. The first kappa shape index (κ1) is 14.2. The quantitative estimate of drug-likeness (QED) is 0.483. The Balaban J connectivity index is 4.52. The van der Waals surface area contributed by atoms with Gasteiger partial charge >= 0.3 is 5.97 Å². The number of carbonyl (C=O) groups is 1. The third-order valence-corrected chi connectivity index (χ3v) is 2.23. The molecule has 0 atom stereocenters. The molecule has 0 aromatic carbocycles. The third-order valence-electron chi connectivity index (χ3n) is 2.23. The minimum Gasteiger partial charge on any atom is -0.463 e. The molecule has 15 heavy (non-hydrogen) atoms. The summed E-state index contributed by atoms with van der Waals surface area (Å²) in [5, 5.41) is 0. The lowest BCUT2D eigenvalue weighted by Crippen LogP contribution is -2.14. The van der Waals surface area contributed by atoms with Crippen LogP contribution in [0, 0.1) is 0 Å². The number of unbranched alkanes of at least 4 members (excludes halogenated alkanes) is 1. The Morgan fingerprint density at radius 2 is 1.93 bits per heavy atom. The topological polar surface area (TPSA) is 35.5 Å². The Morgan fingerprint density at radius 3 is 2.40 bits per heavy atom. The molecule has 0 aromatic heterocycles. The molecule has 3 heteroatoms. The van der Waals surface area contributed by atoms with Crippen LogP contribution in [-0.4, -0.2) is 26.3 Å². The maximum atomic E-state index is 11.6. The summed E-state index contributed by atoms with van der Waals surface area (Å²) in [5.74, 6) is -0.243. The van der Waals surface area contributed by atoms with Crippen LogP contribution in [0.1, 0.15) is 40.0 Å². The minimum atomic E-state index is -0.243. The average molecular weight is 214 g/mol. The summed E-state index contributed by atoms with van der Waals surface area (Å²) in [5.41, 5.74) is 1.75. The molecule has 0 heterocycles. The number of ether oxygens (including phenoxy) is 2. The third kappa shape index (κ3) is 5.57. The summed E-state index contributed by atoms with van der Waals surface area (Å²) >= 11 is 0. The van der Waals surface area contributed by atoms with Gasteiger partial charge in [0.1, 0.15) is 0 Å². The Hall–Kier alpha value is -0.830. The van der Waals surface area contributed by atoms with Crippen molar-refractivity contribution in [1.82, 2.24) is 0 Å². The molecule has 0 saturated carbocycles. The van der Waals surface area contributed by atoms with Crippen molar-refractivity contribution < 1.29 is 14.3 Å². The first-order valence-corrected chi connectivity index (χ1v) is 5.52. The second-order valence-corrected chi connectivity index (χ2v) is 3.52. The van der Waals surface area contributed by atoms with Crippen LogP contribution < -0.4 is 0 Å². The summed E-state index contributed by atoms with van der Waals surface area (Å²) in [6, 6.07) is 0. The van der Waals surface area contributed by atoms with E-state index < -0.39 is 0 Å². The van der Waals surface area contributed by atoms with Gasteiger partial charge in [-0.2, -0.15) is 0 Å². The van der Waals surface area contributed by atoms with E-state index in [-0.39, 0.29) is 5.97 Å². The molecule has 0 fully saturated rings. The summed E-state index contributed by atoms with van der Waals surface area (Å²) in [7, 11) is 1.59. The van der Waals surface area contributed by atoms with Crippen molar-refractivity contribution in [1.29, 1.82) is 0 Å². The highest BCUT2D eigenvalue weighted by Gasteiger charge is 2.13. The van der Waals surface area contributed by atoms with Gasteiger partial charge in [0.2, 0.25) is 0 Å². The van der Waals surface area contributed by atoms with Crippen LogP contribution in [0.15, 0.2) is 11.1 Å². The van der Waals surface area contributed by atoms with Crippen LogP contribution in [0.4, 0.5) is 0 Å². The van der Waals surface area contributed by atoms with E-state index in [1.165, 1.54) is 0 Å². The van der Waals surface area contributed by atoms with Gasteiger partial charge in [-0.1, -0.05) is 18.9 Å². The van der Waals surface area contributed by atoms with Crippen LogP contribution >= 0.6 is 0 Å². The first-order chi connectivity index (χ1) is 7.17. The van der Waals surface area contributed by atoms with Gasteiger partial charge in [-0.15, -0.1) is 0 Å². The van der Waals surface area contributed by atoms with Gasteiger partial charge in [-0.3, -0.25) is 0 Å². The predicted molar refractivity (Wildman–Crippen MR) is 60.7 cm³/mol. The summed E-state index contributed by atoms with van der Waals surface area (Å²) in [6.07, 6.45) is 3.16. The molecule has 0 aliphatic carbocycles. The van der Waals surface area contributed by atoms with Crippen molar-refractivity contribution in [3.63, 3.8) is 0 Å². The van der Waals surface area contributed by atoms with Gasteiger partial charge < -0.3 is 9.47 Å². The van der Waals surface area contributed by atoms with Gasteiger partial charge in [0.15, 0.2) is 0 Å². The fourth-order valence-corrected chi connectivity index (χ4v) is 1.31. The molecular weight excluding hydrogens is 192 g/mol. The first-order valence-electron chi connectivity index (χ1n) is 5.52. The molecule has 0 rings (SSSR count). The minimum absolute atomic E-state index is 0.243. The monoisotopic (exact) mass is 214 g/mol. The second kappa shape index (κ2) is 8.48. The van der Waals surface area contributed by atoms with E-state index in [1.807, 2.05) is 13.8 Å². The van der Waals surface area contributed by atoms with E-state index in [4.69, 9.17) is 9.47 Å². The Kier molecular flexibility index (Phi) is 8.01. The Labute approximate surface area is 92.5 Å². The maximum Gasteiger partial charge on any atom is 0.336 e. The second-order valence-electron chi connectivity index (χ2n) is 3.52. The normalized spacial score (nSPS) is 12.3. The van der Waals surface area contributed by atoms with Crippen molar-refractivity contribution in [3.05, 3.63) is 11.1 Å². The molecule has 0 bridgehead atoms. The van der Waals surface area contributed by atoms with Crippen LogP contribution in [0.3, 0.4) is 0 Å². The molecule has 0 aliphatic rings. The van der Waals surface area contributed by atoms with E-state index >= 15 is 0 Å². The van der Waals surface area contributed by atoms with Gasteiger partial charge in [-0.05, 0) is 26.7 Å². The number of esters is 1. The molecule has 0 spiro atoms. The van der Waals surface area contributed by atoms with Crippen molar-refractivity contribution in [2.24, 2.45) is 0 Å². The molecule has 0 unspecified atom stereocenters. The largest absolute Gasteiger partial charge is 0.463 e. The van der Waals surface area contributed by atoms with Crippen molar-refractivity contribution in [2.45, 2.75) is 40.0 Å². The average Bonchev–Trinajstić information content (AvgIpc) is 2.22. The number of carbonyl (C=O) groups excluding carboxylic acids is 1.